The molecule has 0 unspecified atom stereocenters. The molecule has 0 aromatic heterocycles. The van der Waals surface area contributed by atoms with Gasteiger partial charge in [-0.3, -0.25) is 4.79 Å². The van der Waals surface area contributed by atoms with Gasteiger partial charge in [0, 0.05) is 11.0 Å². The molecule has 1 N–H and O–H groups in total. The molecule has 0 amide bonds. The molecule has 0 atom stereocenters. The van der Waals surface area contributed by atoms with E-state index in [0.717, 1.165) is 22.4 Å². The van der Waals surface area contributed by atoms with Crippen molar-refractivity contribution in [2.75, 3.05) is 14.2 Å². The maximum absolute atomic E-state index is 12.3. The zero-order valence-electron chi connectivity index (χ0n) is 15.8. The van der Waals surface area contributed by atoms with Crippen LogP contribution in [0.1, 0.15) is 5.56 Å². The maximum Gasteiger partial charge on any atom is 0.565 e. The van der Waals surface area contributed by atoms with Crippen LogP contribution in [0.4, 0.5) is 0 Å². The molecule has 0 saturated carbocycles. The third-order valence-electron chi connectivity index (χ3n) is 4.34. The van der Waals surface area contributed by atoms with Crippen LogP contribution < -0.4 is 14.9 Å². The van der Waals surface area contributed by atoms with Crippen molar-refractivity contribution in [3.63, 3.8) is 0 Å². The van der Waals surface area contributed by atoms with E-state index in [1.165, 1.54) is 7.11 Å². The van der Waals surface area contributed by atoms with Gasteiger partial charge in [0.05, 0.1) is 20.6 Å². The van der Waals surface area contributed by atoms with Crippen LogP contribution in [0.2, 0.25) is 0 Å². The van der Waals surface area contributed by atoms with E-state index in [0.29, 0.717) is 11.2 Å². The summed E-state index contributed by atoms with van der Waals surface area (Å²) in [6.45, 7) is 0. The fourth-order valence-corrected chi connectivity index (χ4v) is 3.00. The number of methoxy groups -OCH3 is 2. The molecule has 28 heavy (non-hydrogen) atoms. The maximum atomic E-state index is 12.3. The summed E-state index contributed by atoms with van der Waals surface area (Å²) in [5.41, 5.74) is 3.06. The Morgan fingerprint density at radius 1 is 0.893 bits per heavy atom. The molecule has 0 spiro atoms. The van der Waals surface area contributed by atoms with Gasteiger partial charge >= 0.3 is 7.12 Å². The average Bonchev–Trinajstić information content (AvgIpc) is 2.73. The number of para-hydroxylation sites is 2. The zero-order chi connectivity index (χ0) is 19.9. The van der Waals surface area contributed by atoms with Crippen LogP contribution in [0.15, 0.2) is 72.8 Å². The largest absolute Gasteiger partial charge is 0.565 e. The molecule has 0 radical (unpaired) electrons. The Labute approximate surface area is 164 Å². The van der Waals surface area contributed by atoms with Gasteiger partial charge in [0.15, 0.2) is 0 Å². The molecule has 142 valence electrons. The molecular formula is C22H21BO5. The van der Waals surface area contributed by atoms with Crippen LogP contribution in [0.5, 0.6) is 11.5 Å². The van der Waals surface area contributed by atoms with Crippen molar-refractivity contribution in [2.45, 2.75) is 6.42 Å². The zero-order valence-corrected chi connectivity index (χ0v) is 15.8. The first-order valence-electron chi connectivity index (χ1n) is 8.85. The second-order valence-electron chi connectivity index (χ2n) is 6.16. The van der Waals surface area contributed by atoms with E-state index < -0.39 is 13.1 Å². The van der Waals surface area contributed by atoms with Gasteiger partial charge in [0.1, 0.15) is 11.5 Å². The predicted molar refractivity (Wildman–Crippen MR) is 109 cm³/mol. The van der Waals surface area contributed by atoms with Gasteiger partial charge in [-0.05, 0) is 23.3 Å². The topological polar surface area (TPSA) is 65.0 Å². The van der Waals surface area contributed by atoms with Gasteiger partial charge in [-0.1, -0.05) is 60.7 Å². The number of hydrogen-bond donors (Lipinski definition) is 1. The minimum atomic E-state index is -1.39. The molecule has 0 bridgehead atoms. The Hall–Kier alpha value is -3.25. The van der Waals surface area contributed by atoms with E-state index in [1.807, 2.05) is 48.5 Å². The van der Waals surface area contributed by atoms with E-state index in [2.05, 4.69) is 0 Å². The second kappa shape index (κ2) is 9.10. The summed E-state index contributed by atoms with van der Waals surface area (Å²) in [6, 6.07) is 22.1. The predicted octanol–water partition coefficient (Wildman–Crippen LogP) is 2.84. The minimum absolute atomic E-state index is 0.0369. The van der Waals surface area contributed by atoms with Gasteiger partial charge in [-0.25, -0.2) is 0 Å². The lowest BCUT2D eigenvalue weighted by Gasteiger charge is -2.13. The van der Waals surface area contributed by atoms with Gasteiger partial charge in [-0.15, -0.1) is 0 Å². The molecule has 0 fully saturated rings. The van der Waals surface area contributed by atoms with Crippen molar-refractivity contribution in [1.82, 2.24) is 0 Å². The first kappa shape index (κ1) is 19.5. The Kier molecular flexibility index (Phi) is 6.35. The molecule has 0 aliphatic carbocycles. The van der Waals surface area contributed by atoms with Crippen LogP contribution in [-0.2, 0) is 15.9 Å². The number of benzene rings is 3. The van der Waals surface area contributed by atoms with Crippen molar-refractivity contribution in [3.8, 4) is 22.6 Å². The van der Waals surface area contributed by atoms with Crippen molar-refractivity contribution >= 4 is 18.6 Å². The molecule has 3 rings (SSSR count). The molecule has 0 heterocycles. The highest BCUT2D eigenvalue weighted by atomic mass is 16.6. The van der Waals surface area contributed by atoms with Crippen LogP contribution >= 0.6 is 0 Å². The molecule has 6 heteroatoms. The lowest BCUT2D eigenvalue weighted by atomic mass is 9.78. The Bertz CT molecular complexity index is 957. The number of ether oxygens (including phenoxy) is 2. The summed E-state index contributed by atoms with van der Waals surface area (Å²) in [6.07, 6.45) is 0.0369. The lowest BCUT2D eigenvalue weighted by Crippen LogP contribution is -2.37. The smallest absolute Gasteiger partial charge is 0.506 e. The van der Waals surface area contributed by atoms with Crippen molar-refractivity contribution in [1.29, 1.82) is 0 Å². The second-order valence-corrected chi connectivity index (χ2v) is 6.16. The van der Waals surface area contributed by atoms with E-state index in [4.69, 9.17) is 14.1 Å². The lowest BCUT2D eigenvalue weighted by molar-refractivity contribution is -0.134. The third kappa shape index (κ3) is 4.53. The van der Waals surface area contributed by atoms with Crippen molar-refractivity contribution in [2.24, 2.45) is 0 Å². The van der Waals surface area contributed by atoms with Gasteiger partial charge < -0.3 is 19.2 Å². The summed E-state index contributed by atoms with van der Waals surface area (Å²) in [7, 11) is 1.73. The molecule has 0 aliphatic heterocycles. The number of rotatable bonds is 7. The standard InChI is InChI=1S/C22H21BO5/c1-26-20-12-5-3-10-18(20)17-9-7-8-16(14-17)15-22(24)28-23(25)19-11-4-6-13-21(19)27-2/h3-14,25H,15H2,1-2H3. The van der Waals surface area contributed by atoms with E-state index >= 15 is 0 Å². The fourth-order valence-electron chi connectivity index (χ4n) is 3.00. The first-order chi connectivity index (χ1) is 13.6. The van der Waals surface area contributed by atoms with Crippen LogP contribution in [0, 0.1) is 0 Å². The number of hydrogen-bond acceptors (Lipinski definition) is 5. The number of carbonyl (C=O) groups excluding carboxylic acids is 1. The van der Waals surface area contributed by atoms with Crippen LogP contribution in [0.25, 0.3) is 11.1 Å². The normalized spacial score (nSPS) is 10.2. The van der Waals surface area contributed by atoms with Gasteiger partial charge in [-0.2, -0.15) is 0 Å². The van der Waals surface area contributed by atoms with Crippen molar-refractivity contribution < 1.29 is 23.9 Å². The SMILES string of the molecule is COc1ccccc1B(O)OC(=O)Cc1cccc(-c2ccccc2OC)c1. The molecule has 3 aromatic carbocycles. The first-order valence-corrected chi connectivity index (χ1v) is 8.85. The van der Waals surface area contributed by atoms with Gasteiger partial charge in [0.2, 0.25) is 0 Å². The minimum Gasteiger partial charge on any atom is -0.506 e. The van der Waals surface area contributed by atoms with E-state index in [-0.39, 0.29) is 6.42 Å². The van der Waals surface area contributed by atoms with Crippen LogP contribution in [-0.4, -0.2) is 32.3 Å². The van der Waals surface area contributed by atoms with Gasteiger partial charge in [0.25, 0.3) is 5.97 Å². The summed E-state index contributed by atoms with van der Waals surface area (Å²) < 4.78 is 15.8. The third-order valence-corrected chi connectivity index (χ3v) is 4.34. The van der Waals surface area contributed by atoms with Crippen LogP contribution in [0.3, 0.4) is 0 Å². The summed E-state index contributed by atoms with van der Waals surface area (Å²) >= 11 is 0. The van der Waals surface area contributed by atoms with E-state index in [1.54, 1.807) is 31.4 Å². The Morgan fingerprint density at radius 3 is 2.32 bits per heavy atom. The van der Waals surface area contributed by atoms with E-state index in [9.17, 15) is 9.82 Å². The molecule has 0 saturated heterocycles. The quantitative estimate of drug-likeness (QED) is 0.643. The molecular weight excluding hydrogens is 355 g/mol. The Morgan fingerprint density at radius 2 is 1.57 bits per heavy atom. The Balaban J connectivity index is 1.73. The monoisotopic (exact) mass is 376 g/mol. The highest BCUT2D eigenvalue weighted by molar-refractivity contribution is 6.62. The fraction of sp³-hybridized carbons (Fsp3) is 0.136. The molecule has 3 aromatic rings. The average molecular weight is 376 g/mol. The highest BCUT2D eigenvalue weighted by Crippen LogP contribution is 2.30. The molecule has 0 aliphatic rings. The number of carbonyl (C=O) groups is 1. The highest BCUT2D eigenvalue weighted by Gasteiger charge is 2.25. The van der Waals surface area contributed by atoms with Crippen molar-refractivity contribution in [3.05, 3.63) is 78.4 Å². The summed E-state index contributed by atoms with van der Waals surface area (Å²) in [5, 5.41) is 10.2. The summed E-state index contributed by atoms with van der Waals surface area (Å²) in [4.78, 5) is 12.3. The summed E-state index contributed by atoms with van der Waals surface area (Å²) in [5.74, 6) is 0.686. The molecule has 5 nitrogen and oxygen atoms in total.